The molecule has 5 unspecified atom stereocenters. The molecule has 2 aliphatic carbocycles. The van der Waals surface area contributed by atoms with Crippen LogP contribution in [0, 0.1) is 11.8 Å². The Balaban J connectivity index is 1.84. The lowest BCUT2D eigenvalue weighted by molar-refractivity contribution is -0.172. The zero-order valence-electron chi connectivity index (χ0n) is 10.4. The second-order valence-corrected chi connectivity index (χ2v) is 7.30. The van der Waals surface area contributed by atoms with E-state index in [1.54, 1.807) is 6.92 Å². The maximum Gasteiger partial charge on any atom is 0.319 e. The standard InChI is InChI=1S/C13H17BrO4/c1-7(14)11(15)18-13-4-8-2-9(5-13)12(16)17-10(3-8)6-13/h7-10H,2-6H2,1H3. The summed E-state index contributed by atoms with van der Waals surface area (Å²) in [5, 5.41) is 0. The van der Waals surface area contributed by atoms with E-state index in [1.807, 2.05) is 0 Å². The highest BCUT2D eigenvalue weighted by Crippen LogP contribution is 2.51. The van der Waals surface area contributed by atoms with Crippen LogP contribution in [0.25, 0.3) is 0 Å². The van der Waals surface area contributed by atoms with Gasteiger partial charge in [-0.15, -0.1) is 0 Å². The van der Waals surface area contributed by atoms with Gasteiger partial charge >= 0.3 is 11.9 Å². The summed E-state index contributed by atoms with van der Waals surface area (Å²) in [4.78, 5) is 23.4. The number of halogens is 1. The molecule has 0 aromatic rings. The van der Waals surface area contributed by atoms with E-state index in [0.29, 0.717) is 18.8 Å². The van der Waals surface area contributed by atoms with Gasteiger partial charge in [-0.05, 0) is 32.1 Å². The summed E-state index contributed by atoms with van der Waals surface area (Å²) in [5.74, 6) is 0.0680. The lowest BCUT2D eigenvalue weighted by Gasteiger charge is -2.45. The van der Waals surface area contributed by atoms with Crippen LogP contribution in [-0.2, 0) is 19.1 Å². The molecule has 0 spiro atoms. The van der Waals surface area contributed by atoms with Crippen molar-refractivity contribution in [3.63, 3.8) is 0 Å². The molecular formula is C13H17BrO4. The normalized spacial score (nSPS) is 43.2. The number of hydrogen-bond donors (Lipinski definition) is 0. The summed E-state index contributed by atoms with van der Waals surface area (Å²) in [6, 6.07) is 0. The SMILES string of the molecule is CC(Br)C(=O)OC12CC3CC(C1)OC(=O)C(C3)C2. The summed E-state index contributed by atoms with van der Waals surface area (Å²) < 4.78 is 11.2. The van der Waals surface area contributed by atoms with Crippen molar-refractivity contribution in [2.45, 2.75) is 55.6 Å². The van der Waals surface area contributed by atoms with Crippen LogP contribution in [0.5, 0.6) is 0 Å². The number of ether oxygens (including phenoxy) is 2. The largest absolute Gasteiger partial charge is 0.462 e. The van der Waals surface area contributed by atoms with Crippen LogP contribution >= 0.6 is 15.9 Å². The molecule has 4 aliphatic rings. The van der Waals surface area contributed by atoms with E-state index in [1.165, 1.54) is 0 Å². The second-order valence-electron chi connectivity index (χ2n) is 5.93. The average Bonchev–Trinajstić information content (AvgIpc) is 2.41. The average molecular weight is 317 g/mol. The molecule has 2 aliphatic heterocycles. The number of carbonyl (C=O) groups is 2. The van der Waals surface area contributed by atoms with Crippen molar-refractivity contribution in [1.29, 1.82) is 0 Å². The van der Waals surface area contributed by atoms with Gasteiger partial charge in [0.05, 0.1) is 5.92 Å². The fourth-order valence-corrected chi connectivity index (χ4v) is 3.89. The predicted molar refractivity (Wildman–Crippen MR) is 67.2 cm³/mol. The molecule has 4 nitrogen and oxygen atoms in total. The van der Waals surface area contributed by atoms with Gasteiger partial charge < -0.3 is 9.47 Å². The molecule has 2 saturated carbocycles. The first-order chi connectivity index (χ1) is 8.47. The number of hydrogen-bond acceptors (Lipinski definition) is 4. The Kier molecular flexibility index (Phi) is 2.92. The third-order valence-corrected chi connectivity index (χ3v) is 4.72. The minimum atomic E-state index is -0.457. The van der Waals surface area contributed by atoms with Crippen LogP contribution in [0.2, 0.25) is 0 Å². The first-order valence-electron chi connectivity index (χ1n) is 6.55. The second kappa shape index (κ2) is 4.22. The first-order valence-corrected chi connectivity index (χ1v) is 7.46. The van der Waals surface area contributed by atoms with Gasteiger partial charge in [-0.2, -0.15) is 0 Å². The Morgan fingerprint density at radius 2 is 2.22 bits per heavy atom. The molecule has 0 radical (unpaired) electrons. The summed E-state index contributed by atoms with van der Waals surface area (Å²) in [5.41, 5.74) is -0.457. The molecule has 4 rings (SSSR count). The van der Waals surface area contributed by atoms with Gasteiger partial charge in [0.25, 0.3) is 0 Å². The van der Waals surface area contributed by atoms with Gasteiger partial charge in [0.15, 0.2) is 0 Å². The van der Waals surface area contributed by atoms with Gasteiger partial charge in [-0.25, -0.2) is 0 Å². The monoisotopic (exact) mass is 316 g/mol. The summed E-state index contributed by atoms with van der Waals surface area (Å²) in [6.45, 7) is 1.76. The van der Waals surface area contributed by atoms with Crippen LogP contribution < -0.4 is 0 Å². The highest BCUT2D eigenvalue weighted by Gasteiger charge is 2.54. The maximum atomic E-state index is 11.9. The topological polar surface area (TPSA) is 52.6 Å². The molecule has 4 fully saturated rings. The Morgan fingerprint density at radius 1 is 1.44 bits per heavy atom. The number of carbonyl (C=O) groups excluding carboxylic acids is 2. The van der Waals surface area contributed by atoms with E-state index in [4.69, 9.17) is 9.47 Å². The third kappa shape index (κ3) is 2.06. The quantitative estimate of drug-likeness (QED) is 0.579. The molecule has 2 saturated heterocycles. The molecular weight excluding hydrogens is 300 g/mol. The number of fused-ring (bicyclic) bond motifs is 1. The highest BCUT2D eigenvalue weighted by atomic mass is 79.9. The molecule has 5 atom stereocenters. The van der Waals surface area contributed by atoms with Crippen LogP contribution in [-0.4, -0.2) is 28.5 Å². The fourth-order valence-electron chi connectivity index (χ4n) is 3.79. The number of alkyl halides is 1. The van der Waals surface area contributed by atoms with E-state index in [2.05, 4.69) is 15.9 Å². The Morgan fingerprint density at radius 3 is 2.94 bits per heavy atom. The Hall–Kier alpha value is -0.580. The zero-order chi connectivity index (χ0) is 12.9. The van der Waals surface area contributed by atoms with Crippen molar-refractivity contribution < 1.29 is 19.1 Å². The molecule has 5 heteroatoms. The fraction of sp³-hybridized carbons (Fsp3) is 0.846. The molecule has 18 heavy (non-hydrogen) atoms. The predicted octanol–water partition coefficient (Wildman–Crippen LogP) is 2.19. The van der Waals surface area contributed by atoms with Crippen molar-refractivity contribution in [1.82, 2.24) is 0 Å². The van der Waals surface area contributed by atoms with Gasteiger partial charge in [0, 0.05) is 12.8 Å². The number of esters is 2. The van der Waals surface area contributed by atoms with Crippen molar-refractivity contribution in [2.75, 3.05) is 0 Å². The van der Waals surface area contributed by atoms with Crippen LogP contribution in [0.15, 0.2) is 0 Å². The number of rotatable bonds is 2. The van der Waals surface area contributed by atoms with Crippen LogP contribution in [0.1, 0.15) is 39.0 Å². The summed E-state index contributed by atoms with van der Waals surface area (Å²) >= 11 is 3.24. The maximum absolute atomic E-state index is 11.9. The molecule has 0 aromatic carbocycles. The Labute approximate surface area is 115 Å². The molecule has 4 bridgehead atoms. The molecule has 0 amide bonds. The van der Waals surface area contributed by atoms with Gasteiger partial charge in [-0.3, -0.25) is 9.59 Å². The van der Waals surface area contributed by atoms with E-state index < -0.39 is 5.60 Å². The van der Waals surface area contributed by atoms with Gasteiger partial charge in [0.1, 0.15) is 16.5 Å². The van der Waals surface area contributed by atoms with Gasteiger partial charge in [0.2, 0.25) is 0 Å². The lowest BCUT2D eigenvalue weighted by atomic mass is 9.65. The van der Waals surface area contributed by atoms with Crippen LogP contribution in [0.3, 0.4) is 0 Å². The van der Waals surface area contributed by atoms with Crippen molar-refractivity contribution in [3.05, 3.63) is 0 Å². The molecule has 0 N–H and O–H groups in total. The van der Waals surface area contributed by atoms with Crippen molar-refractivity contribution >= 4 is 27.9 Å². The first kappa shape index (κ1) is 12.5. The van der Waals surface area contributed by atoms with Crippen molar-refractivity contribution in [2.24, 2.45) is 11.8 Å². The van der Waals surface area contributed by atoms with E-state index >= 15 is 0 Å². The van der Waals surface area contributed by atoms with E-state index in [-0.39, 0.29) is 28.8 Å². The van der Waals surface area contributed by atoms with Crippen molar-refractivity contribution in [3.8, 4) is 0 Å². The zero-order valence-corrected chi connectivity index (χ0v) is 11.9. The minimum Gasteiger partial charge on any atom is -0.462 e. The lowest BCUT2D eigenvalue weighted by Crippen LogP contribution is -2.48. The minimum absolute atomic E-state index is 0.0535. The third-order valence-electron chi connectivity index (χ3n) is 4.35. The summed E-state index contributed by atoms with van der Waals surface area (Å²) in [7, 11) is 0. The van der Waals surface area contributed by atoms with E-state index in [0.717, 1.165) is 19.3 Å². The van der Waals surface area contributed by atoms with E-state index in [9.17, 15) is 9.59 Å². The van der Waals surface area contributed by atoms with Gasteiger partial charge in [-0.1, -0.05) is 15.9 Å². The Bertz CT molecular complexity index is 394. The molecule has 100 valence electrons. The van der Waals surface area contributed by atoms with Crippen LogP contribution in [0.4, 0.5) is 0 Å². The highest BCUT2D eigenvalue weighted by molar-refractivity contribution is 9.10. The summed E-state index contributed by atoms with van der Waals surface area (Å²) in [6.07, 6.45) is 4.00. The smallest absolute Gasteiger partial charge is 0.319 e. The molecule has 2 heterocycles. The molecule has 0 aromatic heterocycles.